The summed E-state index contributed by atoms with van der Waals surface area (Å²) in [7, 11) is 3.22. The third kappa shape index (κ3) is 4.01. The van der Waals surface area contributed by atoms with Crippen LogP contribution < -0.4 is 14.8 Å². The monoisotopic (exact) mass is 401 g/mol. The van der Waals surface area contributed by atoms with E-state index in [2.05, 4.69) is 5.32 Å². The van der Waals surface area contributed by atoms with Gasteiger partial charge in [0.1, 0.15) is 22.8 Å². The zero-order chi connectivity index (χ0) is 20.9. The van der Waals surface area contributed by atoms with Gasteiger partial charge in [0.05, 0.1) is 19.8 Å². The minimum absolute atomic E-state index is 0.177. The molecule has 4 rings (SSSR count). The molecule has 0 saturated carbocycles. The van der Waals surface area contributed by atoms with Crippen LogP contribution >= 0.6 is 0 Å². The molecule has 1 amide bonds. The molecule has 1 N–H and O–H groups in total. The standard InChI is InChI=1S/C25H23NO4/c1-28-19-10-8-18(9-11-19)24-23(21-16-20(29-2)12-13-22(21)30-24)25(27)26-15-14-17-6-4-3-5-7-17/h3-13,16H,14-15H2,1-2H3,(H,26,27). The van der Waals surface area contributed by atoms with Crippen molar-refractivity contribution in [2.75, 3.05) is 20.8 Å². The third-order valence-electron chi connectivity index (χ3n) is 5.02. The van der Waals surface area contributed by atoms with Crippen molar-refractivity contribution in [3.63, 3.8) is 0 Å². The van der Waals surface area contributed by atoms with Gasteiger partial charge in [0.25, 0.3) is 5.91 Å². The number of amides is 1. The Bertz CT molecular complexity index is 1150. The van der Waals surface area contributed by atoms with E-state index in [-0.39, 0.29) is 5.91 Å². The molecule has 0 aliphatic heterocycles. The number of nitrogens with one attached hydrogen (secondary N) is 1. The van der Waals surface area contributed by atoms with Crippen molar-refractivity contribution >= 4 is 16.9 Å². The van der Waals surface area contributed by atoms with E-state index in [1.807, 2.05) is 72.8 Å². The Morgan fingerprint density at radius 3 is 2.30 bits per heavy atom. The SMILES string of the molecule is COc1ccc(-c2oc3ccc(OC)cc3c2C(=O)NCCc2ccccc2)cc1. The Labute approximate surface area is 175 Å². The molecule has 0 spiro atoms. The van der Waals surface area contributed by atoms with E-state index < -0.39 is 0 Å². The third-order valence-corrected chi connectivity index (χ3v) is 5.02. The van der Waals surface area contributed by atoms with Crippen molar-refractivity contribution in [3.8, 4) is 22.8 Å². The lowest BCUT2D eigenvalue weighted by Crippen LogP contribution is -2.26. The number of rotatable bonds is 7. The number of methoxy groups -OCH3 is 2. The number of carbonyl (C=O) groups is 1. The highest BCUT2D eigenvalue weighted by Crippen LogP contribution is 2.36. The van der Waals surface area contributed by atoms with Crippen molar-refractivity contribution in [1.82, 2.24) is 5.32 Å². The highest BCUT2D eigenvalue weighted by Gasteiger charge is 2.22. The summed E-state index contributed by atoms with van der Waals surface area (Å²) in [5, 5.41) is 3.75. The fourth-order valence-corrected chi connectivity index (χ4v) is 3.43. The highest BCUT2D eigenvalue weighted by atomic mass is 16.5. The van der Waals surface area contributed by atoms with Gasteiger partial charge in [0.2, 0.25) is 0 Å². The van der Waals surface area contributed by atoms with E-state index in [0.717, 1.165) is 23.1 Å². The van der Waals surface area contributed by atoms with Crippen LogP contribution in [-0.2, 0) is 6.42 Å². The summed E-state index contributed by atoms with van der Waals surface area (Å²) in [4.78, 5) is 13.2. The van der Waals surface area contributed by atoms with Crippen molar-refractivity contribution in [2.24, 2.45) is 0 Å². The maximum Gasteiger partial charge on any atom is 0.255 e. The number of hydrogen-bond acceptors (Lipinski definition) is 4. The maximum atomic E-state index is 13.2. The van der Waals surface area contributed by atoms with Gasteiger partial charge >= 0.3 is 0 Å². The molecule has 0 bridgehead atoms. The van der Waals surface area contributed by atoms with E-state index in [0.29, 0.717) is 29.2 Å². The average Bonchev–Trinajstić information content (AvgIpc) is 3.18. The topological polar surface area (TPSA) is 60.7 Å². The van der Waals surface area contributed by atoms with Crippen molar-refractivity contribution in [3.05, 3.63) is 83.9 Å². The minimum Gasteiger partial charge on any atom is -0.497 e. The molecule has 0 radical (unpaired) electrons. The molecular formula is C25H23NO4. The summed E-state index contributed by atoms with van der Waals surface area (Å²) in [6.07, 6.45) is 0.754. The number of fused-ring (bicyclic) bond motifs is 1. The van der Waals surface area contributed by atoms with Crippen LogP contribution in [0.25, 0.3) is 22.3 Å². The van der Waals surface area contributed by atoms with Gasteiger partial charge in [-0.15, -0.1) is 0 Å². The zero-order valence-corrected chi connectivity index (χ0v) is 17.0. The fraction of sp³-hybridized carbons (Fsp3) is 0.160. The van der Waals surface area contributed by atoms with Crippen LogP contribution in [-0.4, -0.2) is 26.7 Å². The Kier molecular flexibility index (Phi) is 5.70. The van der Waals surface area contributed by atoms with Gasteiger partial charge < -0.3 is 19.2 Å². The molecule has 1 heterocycles. The maximum absolute atomic E-state index is 13.2. The summed E-state index contributed by atoms with van der Waals surface area (Å²) >= 11 is 0. The molecule has 0 fully saturated rings. The summed E-state index contributed by atoms with van der Waals surface area (Å²) in [5.74, 6) is 1.76. The molecule has 5 heteroatoms. The lowest BCUT2D eigenvalue weighted by Gasteiger charge is -2.07. The Morgan fingerprint density at radius 2 is 1.60 bits per heavy atom. The number of furan rings is 1. The molecule has 3 aromatic carbocycles. The van der Waals surface area contributed by atoms with Gasteiger partial charge in [-0.1, -0.05) is 30.3 Å². The molecule has 5 nitrogen and oxygen atoms in total. The molecule has 0 saturated heterocycles. The van der Waals surface area contributed by atoms with Crippen LogP contribution in [0, 0.1) is 0 Å². The predicted octanol–water partition coefficient (Wildman–Crippen LogP) is 5.09. The summed E-state index contributed by atoms with van der Waals surface area (Å²) < 4.78 is 16.7. The Hall–Kier alpha value is -3.73. The molecular weight excluding hydrogens is 378 g/mol. The second-order valence-electron chi connectivity index (χ2n) is 6.89. The Morgan fingerprint density at radius 1 is 0.900 bits per heavy atom. The average molecular weight is 401 g/mol. The van der Waals surface area contributed by atoms with E-state index in [9.17, 15) is 4.79 Å². The molecule has 0 aliphatic carbocycles. The van der Waals surface area contributed by atoms with E-state index in [4.69, 9.17) is 13.9 Å². The first kappa shape index (κ1) is 19.6. The van der Waals surface area contributed by atoms with Crippen LogP contribution in [0.15, 0.2) is 77.2 Å². The summed E-state index contributed by atoms with van der Waals surface area (Å²) in [6.45, 7) is 0.529. The molecule has 0 unspecified atom stereocenters. The van der Waals surface area contributed by atoms with Gasteiger partial charge in [-0.05, 0) is 54.4 Å². The first-order valence-electron chi connectivity index (χ1n) is 9.76. The zero-order valence-electron chi connectivity index (χ0n) is 17.0. The highest BCUT2D eigenvalue weighted by molar-refractivity contribution is 6.11. The number of ether oxygens (including phenoxy) is 2. The fourth-order valence-electron chi connectivity index (χ4n) is 3.43. The summed E-state index contributed by atoms with van der Waals surface area (Å²) in [6, 6.07) is 23.0. The molecule has 0 aliphatic rings. The second kappa shape index (κ2) is 8.74. The Balaban J connectivity index is 1.68. The van der Waals surface area contributed by atoms with Gasteiger partial charge in [-0.25, -0.2) is 0 Å². The second-order valence-corrected chi connectivity index (χ2v) is 6.89. The minimum atomic E-state index is -0.177. The molecule has 0 atom stereocenters. The molecule has 1 aromatic heterocycles. The van der Waals surface area contributed by atoms with Crippen LogP contribution in [0.2, 0.25) is 0 Å². The lowest BCUT2D eigenvalue weighted by molar-refractivity contribution is 0.0956. The molecule has 30 heavy (non-hydrogen) atoms. The van der Waals surface area contributed by atoms with Gasteiger partial charge in [-0.2, -0.15) is 0 Å². The van der Waals surface area contributed by atoms with E-state index in [1.165, 1.54) is 5.56 Å². The normalized spacial score (nSPS) is 10.7. The molecule has 152 valence electrons. The summed E-state index contributed by atoms with van der Waals surface area (Å²) in [5.41, 5.74) is 3.11. The quantitative estimate of drug-likeness (QED) is 0.469. The first-order valence-corrected chi connectivity index (χ1v) is 9.76. The lowest BCUT2D eigenvalue weighted by atomic mass is 10.0. The van der Waals surface area contributed by atoms with Gasteiger partial charge in [0.15, 0.2) is 0 Å². The van der Waals surface area contributed by atoms with Crippen molar-refractivity contribution in [1.29, 1.82) is 0 Å². The van der Waals surface area contributed by atoms with Crippen molar-refractivity contribution < 1.29 is 18.7 Å². The van der Waals surface area contributed by atoms with Crippen LogP contribution in [0.1, 0.15) is 15.9 Å². The van der Waals surface area contributed by atoms with E-state index >= 15 is 0 Å². The largest absolute Gasteiger partial charge is 0.497 e. The van der Waals surface area contributed by atoms with Crippen LogP contribution in [0.4, 0.5) is 0 Å². The number of carbonyl (C=O) groups excluding carboxylic acids is 1. The number of benzene rings is 3. The van der Waals surface area contributed by atoms with Crippen molar-refractivity contribution in [2.45, 2.75) is 6.42 Å². The molecule has 4 aromatic rings. The van der Waals surface area contributed by atoms with Gasteiger partial charge in [0, 0.05) is 17.5 Å². The first-order chi connectivity index (χ1) is 14.7. The predicted molar refractivity (Wildman–Crippen MR) is 117 cm³/mol. The van der Waals surface area contributed by atoms with E-state index in [1.54, 1.807) is 14.2 Å². The van der Waals surface area contributed by atoms with Gasteiger partial charge in [-0.3, -0.25) is 4.79 Å². The smallest absolute Gasteiger partial charge is 0.255 e. The van der Waals surface area contributed by atoms with Crippen LogP contribution in [0.3, 0.4) is 0 Å². The van der Waals surface area contributed by atoms with Crippen LogP contribution in [0.5, 0.6) is 11.5 Å². The number of hydrogen-bond donors (Lipinski definition) is 1.